The summed E-state index contributed by atoms with van der Waals surface area (Å²) in [6, 6.07) is 0. The van der Waals surface area contributed by atoms with E-state index in [1.807, 2.05) is 0 Å². The van der Waals surface area contributed by atoms with Crippen LogP contribution in [0.1, 0.15) is 0 Å². The van der Waals surface area contributed by atoms with E-state index >= 15 is 0 Å². The molecule has 0 atom stereocenters. The van der Waals surface area contributed by atoms with Crippen LogP contribution in [0, 0.1) is 0 Å². The van der Waals surface area contributed by atoms with Crippen LogP contribution in [-0.2, 0) is 0 Å². The number of rotatable bonds is 1. The van der Waals surface area contributed by atoms with E-state index < -0.39 is 0 Å². The molecule has 0 aromatic heterocycles. The maximum atomic E-state index is 7.88. The largest absolute Gasteiger partial charge is 0.385 e. The third kappa shape index (κ3) is 3.41. The van der Waals surface area contributed by atoms with Crippen molar-refractivity contribution in [1.82, 2.24) is 4.67 Å². The van der Waals surface area contributed by atoms with Crippen LogP contribution in [0.4, 0.5) is 0 Å². The van der Waals surface area contributed by atoms with Crippen LogP contribution in [0.15, 0.2) is 0 Å². The Kier molecular flexibility index (Phi) is 3.01. The van der Waals surface area contributed by atoms with Crippen molar-refractivity contribution in [2.24, 2.45) is 0 Å². The van der Waals surface area contributed by atoms with Gasteiger partial charge in [0.05, 0.1) is 0 Å². The maximum Gasteiger partial charge on any atom is 0.293 e. The van der Waals surface area contributed by atoms with Gasteiger partial charge < -0.3 is 5.11 Å². The molecule has 0 saturated heterocycles. The zero-order valence-electron chi connectivity index (χ0n) is 2.89. The molecule has 0 fully saturated rings. The van der Waals surface area contributed by atoms with Gasteiger partial charge in [0.1, 0.15) is 6.61 Å². The van der Waals surface area contributed by atoms with Crippen LogP contribution in [0.25, 0.3) is 0 Å². The van der Waals surface area contributed by atoms with Gasteiger partial charge in [-0.25, -0.2) is 0 Å². The monoisotopic (exact) mass is 72.0 g/mol. The van der Waals surface area contributed by atoms with Gasteiger partial charge in [0.25, 0.3) is 12.9 Å². The normalized spacial score (nSPS) is 5.80. The molecule has 0 aliphatic rings. The first-order valence-corrected chi connectivity index (χ1v) is 1.30. The molecule has 0 rings (SSSR count). The Morgan fingerprint density at radius 3 is 2.60 bits per heavy atom. The molecular weight excluding hydrogens is 66.0 g/mol. The second kappa shape index (κ2) is 3.41. The smallest absolute Gasteiger partial charge is 0.293 e. The van der Waals surface area contributed by atoms with Gasteiger partial charge in [-0.05, 0) is 0 Å². The molecule has 0 aromatic carbocycles. The van der Waals surface area contributed by atoms with E-state index in [-0.39, 0.29) is 6.61 Å². The molecule has 1 N–H and O–H groups in total. The predicted molar refractivity (Wildman–Crippen MR) is 22.4 cm³/mol. The van der Waals surface area contributed by atoms with Crippen molar-refractivity contribution in [1.29, 1.82) is 0 Å². The van der Waals surface area contributed by atoms with Crippen molar-refractivity contribution in [2.45, 2.75) is 0 Å². The Morgan fingerprint density at radius 1 is 2.00 bits per heavy atom. The summed E-state index contributed by atoms with van der Waals surface area (Å²) in [6.07, 6.45) is 1.32. The molecule has 0 aliphatic heterocycles. The van der Waals surface area contributed by atoms with Gasteiger partial charge in [-0.15, -0.1) is 4.67 Å². The highest BCUT2D eigenvalue weighted by Gasteiger charge is 1.64. The molecule has 0 aliphatic carbocycles. The van der Waals surface area contributed by atoms with Crippen LogP contribution in [0.5, 0.6) is 0 Å². The van der Waals surface area contributed by atoms with Gasteiger partial charge in [-0.3, -0.25) is 0 Å². The molecule has 0 heterocycles. The minimum Gasteiger partial charge on any atom is -0.385 e. The summed E-state index contributed by atoms with van der Waals surface area (Å²) in [6.45, 7) is 3.07. The molecular formula is C3H6NO+. The summed E-state index contributed by atoms with van der Waals surface area (Å²) in [5, 5.41) is 7.88. The van der Waals surface area contributed by atoms with Crippen molar-refractivity contribution in [3.05, 3.63) is 0 Å². The Morgan fingerprint density at radius 2 is 2.60 bits per heavy atom. The highest BCUT2D eigenvalue weighted by Crippen LogP contribution is 1.27. The van der Waals surface area contributed by atoms with E-state index in [4.69, 9.17) is 5.11 Å². The average Bonchev–Trinajstić information content (AvgIpc) is 1.41. The minimum atomic E-state index is -0.0104. The lowest BCUT2D eigenvalue weighted by Gasteiger charge is -1.50. The summed E-state index contributed by atoms with van der Waals surface area (Å²) in [4.78, 5) is 0. The van der Waals surface area contributed by atoms with E-state index in [0.29, 0.717) is 0 Å². The lowest BCUT2D eigenvalue weighted by molar-refractivity contribution is 0.361. The van der Waals surface area contributed by atoms with Crippen LogP contribution in [0.3, 0.4) is 0 Å². The molecule has 0 unspecified atom stereocenters. The predicted octanol–water partition coefficient (Wildman–Crippen LogP) is -1.18. The first-order chi connectivity index (χ1) is 2.41. The highest BCUT2D eigenvalue weighted by molar-refractivity contribution is 5.58. The number of aliphatic hydroxyl groups is 1. The second-order valence-electron chi connectivity index (χ2n) is 0.548. The van der Waals surface area contributed by atoms with Crippen LogP contribution in [-0.4, -0.2) is 24.6 Å². The summed E-state index contributed by atoms with van der Waals surface area (Å²) >= 11 is 0. The van der Waals surface area contributed by atoms with Gasteiger partial charge >= 0.3 is 0 Å². The van der Waals surface area contributed by atoms with E-state index in [0.717, 1.165) is 0 Å². The van der Waals surface area contributed by atoms with Crippen LogP contribution >= 0.6 is 0 Å². The number of hydrogen-bond acceptors (Lipinski definition) is 1. The molecule has 0 radical (unpaired) electrons. The zero-order valence-corrected chi connectivity index (χ0v) is 2.89. The number of hydrogen-bond donors (Lipinski definition) is 1. The average molecular weight is 72.1 g/mol. The Hall–Kier alpha value is -0.590. The quantitative estimate of drug-likeness (QED) is 0.307. The first kappa shape index (κ1) is 4.41. The fraction of sp³-hybridized carbons (Fsp3) is 0.333. The van der Waals surface area contributed by atoms with E-state index in [1.54, 1.807) is 0 Å². The maximum absolute atomic E-state index is 7.88. The van der Waals surface area contributed by atoms with E-state index in [1.165, 1.54) is 6.21 Å². The molecule has 0 amide bonds. The van der Waals surface area contributed by atoms with Gasteiger partial charge in [0.2, 0.25) is 0 Å². The minimum absolute atomic E-state index is 0.0104. The van der Waals surface area contributed by atoms with E-state index in [2.05, 4.69) is 11.4 Å². The van der Waals surface area contributed by atoms with Gasteiger partial charge in [-0.1, -0.05) is 0 Å². The van der Waals surface area contributed by atoms with Crippen LogP contribution < -0.4 is 4.67 Å². The topological polar surface area (TPSA) is 34.3 Å². The molecule has 0 aromatic rings. The first-order valence-electron chi connectivity index (χ1n) is 1.30. The summed E-state index contributed by atoms with van der Waals surface area (Å²) < 4.78 is 3.23. The number of aliphatic hydroxyl groups excluding tert-OH is 1. The molecule has 0 bridgehead atoms. The van der Waals surface area contributed by atoms with Crippen molar-refractivity contribution in [3.63, 3.8) is 0 Å². The third-order valence-corrected chi connectivity index (χ3v) is 0.211. The molecule has 5 heavy (non-hydrogen) atoms. The lowest BCUT2D eigenvalue weighted by atomic mass is 10.8. The fourth-order valence-corrected chi connectivity index (χ4v) is 0.0577. The standard InChI is InChI=1S/C3H6NO/c1-4-2-3-5/h2,5H,1,3H2/q+1. The van der Waals surface area contributed by atoms with E-state index in [9.17, 15) is 0 Å². The molecule has 28 valence electrons. The van der Waals surface area contributed by atoms with Crippen LogP contribution in [0.2, 0.25) is 0 Å². The summed E-state index contributed by atoms with van der Waals surface area (Å²) in [5.41, 5.74) is 0. The Labute approximate surface area is 30.5 Å². The van der Waals surface area contributed by atoms with Crippen molar-refractivity contribution < 1.29 is 5.11 Å². The van der Waals surface area contributed by atoms with Gasteiger partial charge in [0, 0.05) is 0 Å². The Balaban J connectivity index is 2.93. The van der Waals surface area contributed by atoms with Gasteiger partial charge in [-0.2, -0.15) is 0 Å². The number of nitrogens with zero attached hydrogens (tertiary/aromatic N) is 1. The van der Waals surface area contributed by atoms with Crippen molar-refractivity contribution in [3.8, 4) is 0 Å². The fourth-order valence-electron chi connectivity index (χ4n) is 0.0577. The molecule has 0 saturated carbocycles. The van der Waals surface area contributed by atoms with Gasteiger partial charge in [0.15, 0.2) is 0 Å². The third-order valence-electron chi connectivity index (χ3n) is 0.211. The zero-order chi connectivity index (χ0) is 4.12. The summed E-state index contributed by atoms with van der Waals surface area (Å²) in [5.74, 6) is 0. The van der Waals surface area contributed by atoms with Crippen molar-refractivity contribution >= 4 is 12.9 Å². The Bertz CT molecular complexity index is 53.9. The lowest BCUT2D eigenvalue weighted by Crippen LogP contribution is -1.82. The second-order valence-corrected chi connectivity index (χ2v) is 0.548. The van der Waals surface area contributed by atoms with Crippen molar-refractivity contribution in [2.75, 3.05) is 6.61 Å². The molecule has 0 spiro atoms. The highest BCUT2D eigenvalue weighted by atomic mass is 16.2. The SMILES string of the molecule is C=[N+]=CCO. The summed E-state index contributed by atoms with van der Waals surface area (Å²) in [7, 11) is 0. The molecule has 2 nitrogen and oxygen atoms in total. The molecule has 2 heteroatoms.